The van der Waals surface area contributed by atoms with E-state index in [0.29, 0.717) is 41.9 Å². The molecular formula is C34H37F4N5O5S. The van der Waals surface area contributed by atoms with Crippen LogP contribution in [-0.2, 0) is 22.7 Å². The normalized spacial score (nSPS) is 18.3. The Kier molecular flexibility index (Phi) is 10.5. The van der Waals surface area contributed by atoms with Crippen LogP contribution >= 0.6 is 0 Å². The van der Waals surface area contributed by atoms with Crippen molar-refractivity contribution < 1.29 is 40.6 Å². The fourth-order valence-electron chi connectivity index (χ4n) is 6.19. The molecule has 0 amide bonds. The number of halogens is 4. The molecule has 0 bridgehead atoms. The van der Waals surface area contributed by atoms with E-state index in [1.165, 1.54) is 38.6 Å². The maximum absolute atomic E-state index is 15.9. The summed E-state index contributed by atoms with van der Waals surface area (Å²) in [7, 11) is 1.91. The quantitative estimate of drug-likeness (QED) is 0.135. The molecule has 0 aliphatic heterocycles. The summed E-state index contributed by atoms with van der Waals surface area (Å²) < 4.78 is 95.7. The Morgan fingerprint density at radius 1 is 1.02 bits per heavy atom. The number of nitrogens with zero attached hydrogens (tertiary/aromatic N) is 4. The molecule has 0 saturated heterocycles. The van der Waals surface area contributed by atoms with E-state index in [1.54, 1.807) is 24.3 Å². The van der Waals surface area contributed by atoms with Crippen molar-refractivity contribution in [3.8, 4) is 17.2 Å². The molecule has 1 aliphatic carbocycles. The van der Waals surface area contributed by atoms with Crippen LogP contribution in [0.4, 0.5) is 29.1 Å². The minimum Gasteiger partial charge on any atom is -0.506 e. The van der Waals surface area contributed by atoms with Crippen molar-refractivity contribution in [2.24, 2.45) is 0 Å². The SMILES string of the molecule is COc1ccc(CN(c2ccncn2)S(=O)(=O)c2cc(O)c(N[C@H]3CC[C@H](c4cccc(C(F)(F)F)c4)C[C@@H]3N(C)C)cc2F)c(OC)c1. The predicted molar refractivity (Wildman–Crippen MR) is 176 cm³/mol. The summed E-state index contributed by atoms with van der Waals surface area (Å²) in [5.74, 6) is -0.989. The zero-order valence-electron chi connectivity index (χ0n) is 27.3. The number of aromatic nitrogens is 2. The molecule has 1 saturated carbocycles. The summed E-state index contributed by atoms with van der Waals surface area (Å²) >= 11 is 0. The second-order valence-corrected chi connectivity index (χ2v) is 13.8. The summed E-state index contributed by atoms with van der Waals surface area (Å²) in [4.78, 5) is 9.09. The van der Waals surface area contributed by atoms with Crippen molar-refractivity contribution in [1.29, 1.82) is 0 Å². The highest BCUT2D eigenvalue weighted by atomic mass is 32.2. The molecule has 0 spiro atoms. The van der Waals surface area contributed by atoms with Gasteiger partial charge in [-0.2, -0.15) is 13.2 Å². The Morgan fingerprint density at radius 3 is 2.45 bits per heavy atom. The van der Waals surface area contributed by atoms with Crippen LogP contribution in [0.3, 0.4) is 0 Å². The van der Waals surface area contributed by atoms with Crippen LogP contribution in [0.15, 0.2) is 78.1 Å². The van der Waals surface area contributed by atoms with Gasteiger partial charge in [0.05, 0.1) is 32.0 Å². The van der Waals surface area contributed by atoms with Gasteiger partial charge < -0.3 is 24.8 Å². The number of hydrogen-bond acceptors (Lipinski definition) is 9. The van der Waals surface area contributed by atoms with E-state index < -0.39 is 38.2 Å². The van der Waals surface area contributed by atoms with Crippen molar-refractivity contribution in [3.63, 3.8) is 0 Å². The number of ether oxygens (including phenoxy) is 2. The molecule has 0 unspecified atom stereocenters. The fraction of sp³-hybridized carbons (Fsp3) is 0.353. The van der Waals surface area contributed by atoms with Gasteiger partial charge in [-0.05, 0) is 63.0 Å². The molecule has 10 nitrogen and oxygen atoms in total. The molecule has 1 aliphatic rings. The van der Waals surface area contributed by atoms with Crippen LogP contribution in [0.2, 0.25) is 0 Å². The van der Waals surface area contributed by atoms with E-state index in [4.69, 9.17) is 9.47 Å². The number of anilines is 2. The molecule has 3 aromatic carbocycles. The van der Waals surface area contributed by atoms with Gasteiger partial charge in [-0.1, -0.05) is 18.2 Å². The number of alkyl halides is 3. The van der Waals surface area contributed by atoms with Gasteiger partial charge in [0.1, 0.15) is 40.1 Å². The smallest absolute Gasteiger partial charge is 0.416 e. The first-order chi connectivity index (χ1) is 23.2. The Hall–Kier alpha value is -4.63. The van der Waals surface area contributed by atoms with Gasteiger partial charge in [0.2, 0.25) is 0 Å². The van der Waals surface area contributed by atoms with Crippen LogP contribution in [-0.4, -0.2) is 68.8 Å². The Labute approximate surface area is 282 Å². The monoisotopic (exact) mass is 703 g/mol. The predicted octanol–water partition coefficient (Wildman–Crippen LogP) is 6.43. The van der Waals surface area contributed by atoms with Crippen LogP contribution in [0.25, 0.3) is 0 Å². The van der Waals surface area contributed by atoms with Crippen molar-refractivity contribution >= 4 is 21.5 Å². The van der Waals surface area contributed by atoms with Crippen molar-refractivity contribution in [3.05, 3.63) is 95.7 Å². The number of methoxy groups -OCH3 is 2. The second kappa shape index (κ2) is 14.5. The highest BCUT2D eigenvalue weighted by Crippen LogP contribution is 2.40. The number of nitrogens with one attached hydrogen (secondary N) is 1. The van der Waals surface area contributed by atoms with Gasteiger partial charge in [0.15, 0.2) is 0 Å². The molecular weight excluding hydrogens is 666 g/mol. The van der Waals surface area contributed by atoms with E-state index in [9.17, 15) is 26.7 Å². The summed E-state index contributed by atoms with van der Waals surface area (Å²) in [5.41, 5.74) is 0.299. The van der Waals surface area contributed by atoms with Gasteiger partial charge in [-0.25, -0.2) is 27.1 Å². The highest BCUT2D eigenvalue weighted by Gasteiger charge is 2.36. The lowest BCUT2D eigenvalue weighted by molar-refractivity contribution is -0.137. The molecule has 1 heterocycles. The average molecular weight is 704 g/mol. The number of phenols is 1. The van der Waals surface area contributed by atoms with Crippen LogP contribution in [0.1, 0.15) is 41.9 Å². The van der Waals surface area contributed by atoms with Crippen molar-refractivity contribution in [2.45, 2.75) is 54.9 Å². The minimum absolute atomic E-state index is 0.0174. The second-order valence-electron chi connectivity index (χ2n) is 12.0. The van der Waals surface area contributed by atoms with Gasteiger partial charge in [-0.15, -0.1) is 0 Å². The lowest BCUT2D eigenvalue weighted by atomic mass is 9.78. The topological polar surface area (TPSA) is 117 Å². The Morgan fingerprint density at radius 2 is 1.80 bits per heavy atom. The third-order valence-electron chi connectivity index (χ3n) is 8.75. The number of hydrogen-bond donors (Lipinski definition) is 2. The summed E-state index contributed by atoms with van der Waals surface area (Å²) in [6, 6.07) is 12.8. The lowest BCUT2D eigenvalue weighted by Gasteiger charge is -2.41. The first-order valence-corrected chi connectivity index (χ1v) is 16.8. The number of benzene rings is 3. The number of aromatic hydroxyl groups is 1. The van der Waals surface area contributed by atoms with E-state index in [2.05, 4.69) is 15.3 Å². The first kappa shape index (κ1) is 35.7. The van der Waals surface area contributed by atoms with E-state index >= 15 is 4.39 Å². The summed E-state index contributed by atoms with van der Waals surface area (Å²) in [6.45, 7) is -0.299. The molecule has 3 atom stereocenters. The first-order valence-electron chi connectivity index (χ1n) is 15.3. The molecule has 1 fully saturated rings. The third kappa shape index (κ3) is 7.83. The zero-order chi connectivity index (χ0) is 35.5. The van der Waals surface area contributed by atoms with Gasteiger partial charge in [-0.3, -0.25) is 0 Å². The van der Waals surface area contributed by atoms with Crippen LogP contribution < -0.4 is 19.1 Å². The van der Waals surface area contributed by atoms with Gasteiger partial charge >= 0.3 is 6.18 Å². The standard InChI is InChI=1S/C34H37F4N5O5S/c1-42(2)29-15-22(21-6-5-7-24(14-21)34(36,37)38)9-11-27(29)41-28-17-26(35)32(18-30(28)44)49(45,46)43(33-12-13-39-20-40-33)19-23-8-10-25(47-3)16-31(23)48-4/h5-8,10,12-14,16-18,20,22,27,29,41,44H,9,11,15,19H2,1-4H3/t22-,27-,29-/m0/s1. The van der Waals surface area contributed by atoms with Crippen molar-refractivity contribution in [2.75, 3.05) is 37.9 Å². The molecule has 15 heteroatoms. The molecule has 0 radical (unpaired) electrons. The Bertz CT molecular complexity index is 1880. The summed E-state index contributed by atoms with van der Waals surface area (Å²) in [5, 5.41) is 14.2. The molecule has 2 N–H and O–H groups in total. The molecule has 5 rings (SSSR count). The van der Waals surface area contributed by atoms with Gasteiger partial charge in [0.25, 0.3) is 10.0 Å². The number of phenolic OH excluding ortho intramolecular Hbond substituents is 1. The fourth-order valence-corrected chi connectivity index (χ4v) is 7.66. The maximum Gasteiger partial charge on any atom is 0.416 e. The molecule has 4 aromatic rings. The lowest BCUT2D eigenvalue weighted by Crippen LogP contribution is -2.47. The largest absolute Gasteiger partial charge is 0.506 e. The van der Waals surface area contributed by atoms with E-state index in [0.717, 1.165) is 28.8 Å². The van der Waals surface area contributed by atoms with Crippen LogP contribution in [0, 0.1) is 5.82 Å². The zero-order valence-corrected chi connectivity index (χ0v) is 28.1. The molecule has 1 aromatic heterocycles. The minimum atomic E-state index is -4.67. The number of rotatable bonds is 11. The van der Waals surface area contributed by atoms with Crippen molar-refractivity contribution in [1.82, 2.24) is 14.9 Å². The van der Waals surface area contributed by atoms with Crippen LogP contribution in [0.5, 0.6) is 17.2 Å². The molecule has 262 valence electrons. The third-order valence-corrected chi connectivity index (χ3v) is 10.5. The number of sulfonamides is 1. The average Bonchev–Trinajstić information content (AvgIpc) is 3.08. The van der Waals surface area contributed by atoms with E-state index in [1.807, 2.05) is 19.0 Å². The summed E-state index contributed by atoms with van der Waals surface area (Å²) in [6.07, 6.45) is -0.402. The Balaban J connectivity index is 1.42. The molecule has 49 heavy (non-hydrogen) atoms. The highest BCUT2D eigenvalue weighted by molar-refractivity contribution is 7.92. The number of likely N-dealkylation sites (N-methyl/N-ethyl adjacent to an activating group) is 1. The van der Waals surface area contributed by atoms with Gasteiger partial charge in [0, 0.05) is 48.1 Å². The maximum atomic E-state index is 15.9. The van der Waals surface area contributed by atoms with E-state index in [-0.39, 0.29) is 36.1 Å².